The molecule has 3 rings (SSSR count). The van der Waals surface area contributed by atoms with Gasteiger partial charge in [-0.1, -0.05) is 42.1 Å². The zero-order chi connectivity index (χ0) is 17.7. The number of hydrogen-bond acceptors (Lipinski definition) is 4. The van der Waals surface area contributed by atoms with Crippen molar-refractivity contribution in [2.45, 2.75) is 49.7 Å². The van der Waals surface area contributed by atoms with Crippen LogP contribution in [-0.4, -0.2) is 27.2 Å². The molecule has 0 atom stereocenters. The van der Waals surface area contributed by atoms with Crippen molar-refractivity contribution in [1.29, 1.82) is 5.26 Å². The van der Waals surface area contributed by atoms with Crippen molar-refractivity contribution < 1.29 is 4.79 Å². The molecule has 2 N–H and O–H groups in total. The van der Waals surface area contributed by atoms with Crippen LogP contribution in [0.2, 0.25) is 0 Å². The van der Waals surface area contributed by atoms with Gasteiger partial charge in [0, 0.05) is 12.1 Å². The van der Waals surface area contributed by atoms with Crippen molar-refractivity contribution in [1.82, 2.24) is 15.3 Å². The van der Waals surface area contributed by atoms with Crippen LogP contribution >= 0.6 is 11.8 Å². The second kappa shape index (κ2) is 7.75. The molecule has 1 aromatic carbocycles. The Hall–Kier alpha value is -2.26. The van der Waals surface area contributed by atoms with Crippen LogP contribution in [0, 0.1) is 18.3 Å². The van der Waals surface area contributed by atoms with Crippen molar-refractivity contribution in [3.8, 4) is 6.07 Å². The molecule has 1 heterocycles. The number of nitriles is 1. The van der Waals surface area contributed by atoms with E-state index in [1.807, 2.05) is 25.1 Å². The summed E-state index contributed by atoms with van der Waals surface area (Å²) in [5.74, 6) is 0.161. The summed E-state index contributed by atoms with van der Waals surface area (Å²) in [4.78, 5) is 20.0. The maximum absolute atomic E-state index is 12.2. The summed E-state index contributed by atoms with van der Waals surface area (Å²) in [5, 5.41) is 13.0. The van der Waals surface area contributed by atoms with E-state index in [2.05, 4.69) is 33.5 Å². The molecule has 0 spiro atoms. The molecular formula is C19H22N4OS. The first-order chi connectivity index (χ1) is 12.1. The molecule has 130 valence electrons. The summed E-state index contributed by atoms with van der Waals surface area (Å²) < 4.78 is 0. The molecule has 1 fully saturated rings. The summed E-state index contributed by atoms with van der Waals surface area (Å²) in [6, 6.07) is 12.5. The zero-order valence-electron chi connectivity index (χ0n) is 14.3. The Balaban J connectivity index is 1.56. The number of nitrogens with one attached hydrogen (secondary N) is 2. The second-order valence-corrected chi connectivity index (χ2v) is 7.48. The van der Waals surface area contributed by atoms with Gasteiger partial charge in [0.05, 0.1) is 17.5 Å². The van der Waals surface area contributed by atoms with Crippen molar-refractivity contribution in [3.05, 3.63) is 47.3 Å². The number of aromatic nitrogens is 2. The Morgan fingerprint density at radius 2 is 2.08 bits per heavy atom. The van der Waals surface area contributed by atoms with Crippen molar-refractivity contribution in [2.75, 3.05) is 5.75 Å². The first-order valence-electron chi connectivity index (χ1n) is 8.55. The molecule has 0 saturated heterocycles. The molecule has 6 heteroatoms. The van der Waals surface area contributed by atoms with Gasteiger partial charge in [0.1, 0.15) is 5.54 Å². The summed E-state index contributed by atoms with van der Waals surface area (Å²) in [6.07, 6.45) is 4.28. The third kappa shape index (κ3) is 4.43. The SMILES string of the molecule is Cc1[nH]c(SCC(=O)NC2(C#N)CCCC2)nc1Cc1ccccc1. The van der Waals surface area contributed by atoms with E-state index >= 15 is 0 Å². The molecule has 0 bridgehead atoms. The van der Waals surface area contributed by atoms with Crippen molar-refractivity contribution in [3.63, 3.8) is 0 Å². The lowest BCUT2D eigenvalue weighted by Gasteiger charge is -2.21. The molecule has 1 amide bonds. The first kappa shape index (κ1) is 17.6. The highest BCUT2D eigenvalue weighted by Crippen LogP contribution is 2.29. The fraction of sp³-hybridized carbons (Fsp3) is 0.421. The number of nitrogens with zero attached hydrogens (tertiary/aromatic N) is 2. The average Bonchev–Trinajstić information content (AvgIpc) is 3.22. The molecular weight excluding hydrogens is 332 g/mol. The number of H-pyrrole nitrogens is 1. The van der Waals surface area contributed by atoms with E-state index in [0.717, 1.165) is 48.6 Å². The number of rotatable bonds is 6. The van der Waals surface area contributed by atoms with Gasteiger partial charge in [-0.15, -0.1) is 0 Å². The summed E-state index contributed by atoms with van der Waals surface area (Å²) in [5.41, 5.74) is 2.58. The number of aromatic amines is 1. The normalized spacial score (nSPS) is 15.7. The Kier molecular flexibility index (Phi) is 5.44. The van der Waals surface area contributed by atoms with Crippen LogP contribution < -0.4 is 5.32 Å². The van der Waals surface area contributed by atoms with E-state index < -0.39 is 5.54 Å². The van der Waals surface area contributed by atoms with Crippen LogP contribution in [0.3, 0.4) is 0 Å². The van der Waals surface area contributed by atoms with E-state index in [9.17, 15) is 10.1 Å². The van der Waals surface area contributed by atoms with E-state index in [-0.39, 0.29) is 11.7 Å². The second-order valence-electron chi connectivity index (χ2n) is 6.51. The average molecular weight is 354 g/mol. The number of thioether (sulfide) groups is 1. The van der Waals surface area contributed by atoms with Gasteiger partial charge in [0.15, 0.2) is 5.16 Å². The number of carbonyl (C=O) groups is 1. The quantitative estimate of drug-likeness (QED) is 0.780. The van der Waals surface area contributed by atoms with Crippen molar-refractivity contribution >= 4 is 17.7 Å². The highest BCUT2D eigenvalue weighted by molar-refractivity contribution is 7.99. The largest absolute Gasteiger partial charge is 0.337 e. The molecule has 1 aliphatic carbocycles. The minimum absolute atomic E-state index is 0.105. The standard InChI is InChI=1S/C19H22N4OS/c1-14-16(11-15-7-3-2-4-8-15)22-18(21-14)25-12-17(24)23-19(13-20)9-5-6-10-19/h2-4,7-8H,5-6,9-12H2,1H3,(H,21,22)(H,23,24). The molecule has 1 aromatic heterocycles. The van der Waals surface area contributed by atoms with Gasteiger partial charge < -0.3 is 10.3 Å². The number of carbonyl (C=O) groups excluding carboxylic acids is 1. The van der Waals surface area contributed by atoms with Crippen LogP contribution in [0.5, 0.6) is 0 Å². The van der Waals surface area contributed by atoms with Gasteiger partial charge in [0.2, 0.25) is 5.91 Å². The highest BCUT2D eigenvalue weighted by Gasteiger charge is 2.35. The van der Waals surface area contributed by atoms with Gasteiger partial charge in [-0.25, -0.2) is 4.98 Å². The van der Waals surface area contributed by atoms with Gasteiger partial charge in [-0.3, -0.25) is 4.79 Å². The molecule has 5 nitrogen and oxygen atoms in total. The molecule has 0 aliphatic heterocycles. The predicted molar refractivity (Wildman–Crippen MR) is 98.3 cm³/mol. The zero-order valence-corrected chi connectivity index (χ0v) is 15.2. The van der Waals surface area contributed by atoms with Gasteiger partial charge in [-0.05, 0) is 38.2 Å². The van der Waals surface area contributed by atoms with E-state index in [0.29, 0.717) is 0 Å². The number of hydrogen-bond donors (Lipinski definition) is 2. The number of amides is 1. The molecule has 0 unspecified atom stereocenters. The lowest BCUT2D eigenvalue weighted by atomic mass is 10.0. The van der Waals surface area contributed by atoms with Crippen molar-refractivity contribution in [2.24, 2.45) is 0 Å². The minimum atomic E-state index is -0.658. The van der Waals surface area contributed by atoms with Gasteiger partial charge in [0.25, 0.3) is 0 Å². The van der Waals surface area contributed by atoms with Crippen LogP contribution in [0.15, 0.2) is 35.5 Å². The minimum Gasteiger partial charge on any atom is -0.337 e. The molecule has 0 radical (unpaired) electrons. The van der Waals surface area contributed by atoms with E-state index in [1.165, 1.54) is 17.3 Å². The maximum Gasteiger partial charge on any atom is 0.231 e. The van der Waals surface area contributed by atoms with Crippen LogP contribution in [-0.2, 0) is 11.2 Å². The van der Waals surface area contributed by atoms with Crippen LogP contribution in [0.1, 0.15) is 42.6 Å². The third-order valence-corrected chi connectivity index (χ3v) is 5.44. The molecule has 25 heavy (non-hydrogen) atoms. The lowest BCUT2D eigenvalue weighted by molar-refractivity contribution is -0.119. The first-order valence-corrected chi connectivity index (χ1v) is 9.53. The van der Waals surface area contributed by atoms with E-state index in [1.54, 1.807) is 0 Å². The van der Waals surface area contributed by atoms with Gasteiger partial charge in [-0.2, -0.15) is 5.26 Å². The Morgan fingerprint density at radius 1 is 1.36 bits per heavy atom. The third-order valence-electron chi connectivity index (χ3n) is 4.57. The Labute approximate surface area is 152 Å². The lowest BCUT2D eigenvalue weighted by Crippen LogP contribution is -2.45. The maximum atomic E-state index is 12.2. The Morgan fingerprint density at radius 3 is 2.76 bits per heavy atom. The number of aryl methyl sites for hydroxylation is 1. The number of imidazole rings is 1. The number of benzene rings is 1. The summed E-state index contributed by atoms with van der Waals surface area (Å²) in [7, 11) is 0. The topological polar surface area (TPSA) is 81.6 Å². The summed E-state index contributed by atoms with van der Waals surface area (Å²) >= 11 is 1.38. The smallest absolute Gasteiger partial charge is 0.231 e. The Bertz CT molecular complexity index is 772. The van der Waals surface area contributed by atoms with Gasteiger partial charge >= 0.3 is 0 Å². The molecule has 1 saturated carbocycles. The van der Waals surface area contributed by atoms with E-state index in [4.69, 9.17) is 0 Å². The molecule has 1 aliphatic rings. The summed E-state index contributed by atoms with van der Waals surface area (Å²) in [6.45, 7) is 2.00. The van der Waals surface area contributed by atoms with Crippen LogP contribution in [0.4, 0.5) is 0 Å². The van der Waals surface area contributed by atoms with Crippen LogP contribution in [0.25, 0.3) is 0 Å². The molecule has 2 aromatic rings. The monoisotopic (exact) mass is 354 g/mol. The fourth-order valence-corrected chi connectivity index (χ4v) is 3.92. The highest BCUT2D eigenvalue weighted by atomic mass is 32.2. The fourth-order valence-electron chi connectivity index (χ4n) is 3.18. The predicted octanol–water partition coefficient (Wildman–Crippen LogP) is 3.35.